The lowest BCUT2D eigenvalue weighted by atomic mass is 10.1. The van der Waals surface area contributed by atoms with E-state index < -0.39 is 30.8 Å². The summed E-state index contributed by atoms with van der Waals surface area (Å²) in [6.45, 7) is 1.57. The Morgan fingerprint density at radius 3 is 2.33 bits per heavy atom. The molecule has 2 N–H and O–H groups in total. The van der Waals surface area contributed by atoms with Gasteiger partial charge in [-0.2, -0.15) is 0 Å². The topological polar surface area (TPSA) is 58.9 Å². The third-order valence-electron chi connectivity index (χ3n) is 2.02. The van der Waals surface area contributed by atoms with Crippen LogP contribution in [0.1, 0.15) is 6.92 Å². The molecule has 4 nitrogen and oxygen atoms in total. The number of alkyl halides is 1. The fraction of sp³-hybridized carbons (Fsp3) is 1.00. The number of halogens is 1. The molecular weight excluding hydrogens is 167 g/mol. The molecule has 12 heavy (non-hydrogen) atoms. The van der Waals surface area contributed by atoms with Gasteiger partial charge in [0, 0.05) is 7.11 Å². The molecule has 0 aromatic rings. The Morgan fingerprint density at radius 1 is 1.42 bits per heavy atom. The van der Waals surface area contributed by atoms with Crippen LogP contribution in [0.2, 0.25) is 0 Å². The fourth-order valence-corrected chi connectivity index (χ4v) is 1.23. The third-order valence-corrected chi connectivity index (χ3v) is 2.02. The molecule has 1 unspecified atom stereocenters. The van der Waals surface area contributed by atoms with E-state index in [1.807, 2.05) is 0 Å². The summed E-state index contributed by atoms with van der Waals surface area (Å²) in [5.41, 5.74) is 0. The number of hydrogen-bond acceptors (Lipinski definition) is 4. The van der Waals surface area contributed by atoms with Gasteiger partial charge in [0.15, 0.2) is 0 Å². The van der Waals surface area contributed by atoms with E-state index in [0.29, 0.717) is 0 Å². The second-order valence-electron chi connectivity index (χ2n) is 2.87. The van der Waals surface area contributed by atoms with Gasteiger partial charge in [-0.25, -0.2) is 4.39 Å². The highest BCUT2D eigenvalue weighted by Crippen LogP contribution is 2.24. The van der Waals surface area contributed by atoms with Crippen LogP contribution in [0.15, 0.2) is 0 Å². The molecule has 1 heterocycles. The molecule has 0 aromatic heterocycles. The van der Waals surface area contributed by atoms with E-state index in [2.05, 4.69) is 4.74 Å². The normalized spacial score (nSPS) is 44.8. The fourth-order valence-electron chi connectivity index (χ4n) is 1.23. The molecule has 1 aliphatic rings. The molecule has 1 aliphatic heterocycles. The van der Waals surface area contributed by atoms with E-state index in [4.69, 9.17) is 4.74 Å². The first-order chi connectivity index (χ1) is 5.57. The van der Waals surface area contributed by atoms with Crippen molar-refractivity contribution in [3.8, 4) is 0 Å². The van der Waals surface area contributed by atoms with E-state index in [9.17, 15) is 14.6 Å². The van der Waals surface area contributed by atoms with Gasteiger partial charge in [-0.3, -0.25) is 0 Å². The second kappa shape index (κ2) is 3.66. The second-order valence-corrected chi connectivity index (χ2v) is 2.87. The maximum absolute atomic E-state index is 12.8. The monoisotopic (exact) mass is 180 g/mol. The molecule has 1 rings (SSSR count). The predicted molar refractivity (Wildman–Crippen MR) is 38.3 cm³/mol. The average Bonchev–Trinajstić information content (AvgIpc) is 2.32. The van der Waals surface area contributed by atoms with E-state index in [1.165, 1.54) is 7.11 Å². The summed E-state index contributed by atoms with van der Waals surface area (Å²) in [5, 5.41) is 18.4. The average molecular weight is 180 g/mol. The molecule has 0 aromatic carbocycles. The van der Waals surface area contributed by atoms with E-state index in [-0.39, 0.29) is 0 Å². The Kier molecular flexibility index (Phi) is 3.00. The SMILES string of the molecule is CO[C@H](F)[C@H]1O[C@@H](C)C(O)[C@H]1O. The van der Waals surface area contributed by atoms with Gasteiger partial charge in [-0.1, -0.05) is 0 Å². The van der Waals surface area contributed by atoms with Gasteiger partial charge in [-0.15, -0.1) is 0 Å². The van der Waals surface area contributed by atoms with Crippen LogP contribution in [-0.2, 0) is 9.47 Å². The van der Waals surface area contributed by atoms with Gasteiger partial charge in [-0.05, 0) is 6.92 Å². The number of hydrogen-bond donors (Lipinski definition) is 2. The smallest absolute Gasteiger partial charge is 0.227 e. The summed E-state index contributed by atoms with van der Waals surface area (Å²) in [7, 11) is 1.18. The first-order valence-electron chi connectivity index (χ1n) is 3.76. The molecule has 0 amide bonds. The van der Waals surface area contributed by atoms with Crippen LogP contribution in [0, 0.1) is 0 Å². The van der Waals surface area contributed by atoms with Crippen molar-refractivity contribution in [1.29, 1.82) is 0 Å². The molecule has 0 radical (unpaired) electrons. The summed E-state index contributed by atoms with van der Waals surface area (Å²) in [5.74, 6) is 0. The molecule has 0 saturated carbocycles. The first-order valence-corrected chi connectivity index (χ1v) is 3.76. The third kappa shape index (κ3) is 1.59. The van der Waals surface area contributed by atoms with Crippen molar-refractivity contribution in [1.82, 2.24) is 0 Å². The molecule has 1 fully saturated rings. The van der Waals surface area contributed by atoms with Crippen LogP contribution in [0.4, 0.5) is 4.39 Å². The van der Waals surface area contributed by atoms with Crippen molar-refractivity contribution >= 4 is 0 Å². The summed E-state index contributed by atoms with van der Waals surface area (Å²) in [4.78, 5) is 0. The van der Waals surface area contributed by atoms with Crippen LogP contribution in [0.5, 0.6) is 0 Å². The maximum atomic E-state index is 12.8. The highest BCUT2D eigenvalue weighted by atomic mass is 19.1. The Bertz CT molecular complexity index is 154. The zero-order valence-corrected chi connectivity index (χ0v) is 6.98. The largest absolute Gasteiger partial charge is 0.388 e. The Balaban J connectivity index is 2.58. The zero-order valence-electron chi connectivity index (χ0n) is 6.98. The molecule has 0 spiro atoms. The van der Waals surface area contributed by atoms with Crippen molar-refractivity contribution in [3.63, 3.8) is 0 Å². The molecule has 0 bridgehead atoms. The summed E-state index contributed by atoms with van der Waals surface area (Å²) >= 11 is 0. The summed E-state index contributed by atoms with van der Waals surface area (Å²) in [6, 6.07) is 0. The van der Waals surface area contributed by atoms with E-state index in [0.717, 1.165) is 0 Å². The first kappa shape index (κ1) is 9.85. The zero-order chi connectivity index (χ0) is 9.30. The standard InChI is InChI=1S/C7H13FO4/c1-3-4(9)5(10)6(12-3)7(8)11-2/h3-7,9-10H,1-2H3/t3-,4?,5+,6-,7-/m0/s1. The van der Waals surface area contributed by atoms with Crippen molar-refractivity contribution in [3.05, 3.63) is 0 Å². The summed E-state index contributed by atoms with van der Waals surface area (Å²) < 4.78 is 22.1. The van der Waals surface area contributed by atoms with Gasteiger partial charge in [0.05, 0.1) is 6.10 Å². The minimum Gasteiger partial charge on any atom is -0.388 e. The van der Waals surface area contributed by atoms with Crippen LogP contribution < -0.4 is 0 Å². The molecule has 5 atom stereocenters. The van der Waals surface area contributed by atoms with Gasteiger partial charge in [0.2, 0.25) is 6.36 Å². The summed E-state index contributed by atoms with van der Waals surface area (Å²) in [6.07, 6.45) is -5.59. The number of rotatable bonds is 2. The van der Waals surface area contributed by atoms with E-state index >= 15 is 0 Å². The van der Waals surface area contributed by atoms with Crippen molar-refractivity contribution in [2.45, 2.75) is 37.7 Å². The lowest BCUT2D eigenvalue weighted by Crippen LogP contribution is -2.37. The van der Waals surface area contributed by atoms with Gasteiger partial charge in [0.25, 0.3) is 0 Å². The van der Waals surface area contributed by atoms with Crippen LogP contribution in [-0.4, -0.2) is 48.1 Å². The maximum Gasteiger partial charge on any atom is 0.227 e. The Hall–Kier alpha value is -0.230. The Labute approximate surface area is 69.9 Å². The number of aliphatic hydroxyl groups is 2. The van der Waals surface area contributed by atoms with Crippen molar-refractivity contribution in [2.75, 3.05) is 7.11 Å². The van der Waals surface area contributed by atoms with Crippen LogP contribution in [0.3, 0.4) is 0 Å². The minimum absolute atomic E-state index is 0.557. The molecular formula is C7H13FO4. The van der Waals surface area contributed by atoms with Gasteiger partial charge < -0.3 is 19.7 Å². The number of ether oxygens (including phenoxy) is 2. The highest BCUT2D eigenvalue weighted by Gasteiger charge is 2.44. The molecule has 5 heteroatoms. The predicted octanol–water partition coefficient (Wildman–Crippen LogP) is -0.563. The van der Waals surface area contributed by atoms with Gasteiger partial charge in [0.1, 0.15) is 18.3 Å². The molecule has 72 valence electrons. The Morgan fingerprint density at radius 2 is 2.00 bits per heavy atom. The highest BCUT2D eigenvalue weighted by molar-refractivity contribution is 4.89. The quantitative estimate of drug-likeness (QED) is 0.598. The number of aliphatic hydroxyl groups excluding tert-OH is 2. The molecule has 1 saturated heterocycles. The van der Waals surface area contributed by atoms with Crippen molar-refractivity contribution < 1.29 is 24.1 Å². The van der Waals surface area contributed by atoms with E-state index in [1.54, 1.807) is 6.92 Å². The minimum atomic E-state index is -1.69. The van der Waals surface area contributed by atoms with Crippen LogP contribution in [0.25, 0.3) is 0 Å². The number of methoxy groups -OCH3 is 1. The van der Waals surface area contributed by atoms with Gasteiger partial charge >= 0.3 is 0 Å². The lowest BCUT2D eigenvalue weighted by molar-refractivity contribution is -0.134. The molecule has 0 aliphatic carbocycles. The van der Waals surface area contributed by atoms with Crippen LogP contribution >= 0.6 is 0 Å². The lowest BCUT2D eigenvalue weighted by Gasteiger charge is -2.17. The van der Waals surface area contributed by atoms with Crippen molar-refractivity contribution in [2.24, 2.45) is 0 Å².